The van der Waals surface area contributed by atoms with Crippen molar-refractivity contribution in [3.8, 4) is 5.75 Å². The molecule has 3 rings (SSSR count). The Morgan fingerprint density at radius 1 is 1.03 bits per heavy atom. The molecule has 2 amide bonds. The van der Waals surface area contributed by atoms with Crippen LogP contribution in [0.2, 0.25) is 0 Å². The Morgan fingerprint density at radius 2 is 1.77 bits per heavy atom. The lowest BCUT2D eigenvalue weighted by Crippen LogP contribution is -2.47. The molecule has 1 aliphatic heterocycles. The number of ether oxygens (including phenoxy) is 3. The highest BCUT2D eigenvalue weighted by Gasteiger charge is 2.34. The molecule has 1 heterocycles. The quantitative estimate of drug-likeness (QED) is 0.663. The number of methoxy groups -OCH3 is 1. The van der Waals surface area contributed by atoms with Gasteiger partial charge in [-0.15, -0.1) is 0 Å². The average Bonchev–Trinajstić information content (AvgIpc) is 2.77. The van der Waals surface area contributed by atoms with Crippen molar-refractivity contribution in [3.63, 3.8) is 0 Å². The van der Waals surface area contributed by atoms with Crippen LogP contribution in [0.3, 0.4) is 0 Å². The van der Waals surface area contributed by atoms with Crippen molar-refractivity contribution in [1.82, 2.24) is 10.6 Å². The Balaban J connectivity index is 1.92. The molecule has 1 atom stereocenters. The summed E-state index contributed by atoms with van der Waals surface area (Å²) in [5, 5.41) is 5.30. The van der Waals surface area contributed by atoms with Crippen molar-refractivity contribution < 1.29 is 28.6 Å². The zero-order valence-corrected chi connectivity index (χ0v) is 17.6. The summed E-state index contributed by atoms with van der Waals surface area (Å²) in [6.07, 6.45) is 0. The van der Waals surface area contributed by atoms with Crippen LogP contribution in [0.4, 0.5) is 4.79 Å². The number of hydrogen-bond donors (Lipinski definition) is 2. The van der Waals surface area contributed by atoms with Crippen LogP contribution in [-0.2, 0) is 14.3 Å². The molecule has 8 nitrogen and oxygen atoms in total. The third kappa shape index (κ3) is 5.22. The van der Waals surface area contributed by atoms with Gasteiger partial charge in [-0.05, 0) is 43.7 Å². The minimum absolute atomic E-state index is 0.155. The fourth-order valence-electron chi connectivity index (χ4n) is 3.22. The molecule has 0 saturated heterocycles. The monoisotopic (exact) mass is 424 g/mol. The van der Waals surface area contributed by atoms with Crippen LogP contribution in [-0.4, -0.2) is 38.3 Å². The molecule has 2 N–H and O–H groups in total. The van der Waals surface area contributed by atoms with E-state index in [0.717, 1.165) is 5.56 Å². The number of hydrogen-bond acceptors (Lipinski definition) is 6. The van der Waals surface area contributed by atoms with Gasteiger partial charge < -0.3 is 24.8 Å². The average molecular weight is 424 g/mol. The first kappa shape index (κ1) is 21.9. The molecule has 162 valence electrons. The van der Waals surface area contributed by atoms with Crippen LogP contribution >= 0.6 is 0 Å². The highest BCUT2D eigenvalue weighted by atomic mass is 16.5. The summed E-state index contributed by atoms with van der Waals surface area (Å²) in [5.74, 6) is -0.538. The summed E-state index contributed by atoms with van der Waals surface area (Å²) in [4.78, 5) is 37.5. The predicted octanol–water partition coefficient (Wildman–Crippen LogP) is 3.03. The zero-order valence-electron chi connectivity index (χ0n) is 17.6. The van der Waals surface area contributed by atoms with E-state index in [-0.39, 0.29) is 24.5 Å². The Kier molecular flexibility index (Phi) is 6.92. The molecule has 0 saturated carbocycles. The second-order valence-corrected chi connectivity index (χ2v) is 6.86. The SMILES string of the molecule is CCOC(=O)C1=C(COC(=O)c2cccc(C)c2)NC(=O)NC1c1ccc(OC)cc1. The lowest BCUT2D eigenvalue weighted by atomic mass is 9.95. The minimum Gasteiger partial charge on any atom is -0.497 e. The topological polar surface area (TPSA) is 103 Å². The van der Waals surface area contributed by atoms with E-state index in [2.05, 4.69) is 10.6 Å². The van der Waals surface area contributed by atoms with Gasteiger partial charge in [0, 0.05) is 0 Å². The molecule has 0 radical (unpaired) electrons. The fourth-order valence-corrected chi connectivity index (χ4v) is 3.22. The van der Waals surface area contributed by atoms with Gasteiger partial charge in [0.25, 0.3) is 0 Å². The first-order valence-corrected chi connectivity index (χ1v) is 9.78. The predicted molar refractivity (Wildman–Crippen MR) is 113 cm³/mol. The second-order valence-electron chi connectivity index (χ2n) is 6.86. The smallest absolute Gasteiger partial charge is 0.338 e. The number of esters is 2. The van der Waals surface area contributed by atoms with E-state index >= 15 is 0 Å². The summed E-state index contributed by atoms with van der Waals surface area (Å²) in [5.41, 5.74) is 2.29. The number of benzene rings is 2. The lowest BCUT2D eigenvalue weighted by molar-refractivity contribution is -0.139. The number of nitrogens with one attached hydrogen (secondary N) is 2. The second kappa shape index (κ2) is 9.80. The van der Waals surface area contributed by atoms with Crippen LogP contribution in [0.1, 0.15) is 34.5 Å². The van der Waals surface area contributed by atoms with Crippen LogP contribution < -0.4 is 15.4 Å². The highest BCUT2D eigenvalue weighted by Crippen LogP contribution is 2.29. The van der Waals surface area contributed by atoms with Crippen LogP contribution in [0.15, 0.2) is 59.8 Å². The Bertz CT molecular complexity index is 1010. The van der Waals surface area contributed by atoms with E-state index in [1.807, 2.05) is 13.0 Å². The van der Waals surface area contributed by atoms with Gasteiger partial charge in [-0.3, -0.25) is 0 Å². The highest BCUT2D eigenvalue weighted by molar-refractivity contribution is 5.95. The molecule has 0 bridgehead atoms. The molecule has 2 aromatic carbocycles. The van der Waals surface area contributed by atoms with Gasteiger partial charge in [-0.25, -0.2) is 14.4 Å². The molecule has 1 unspecified atom stereocenters. The van der Waals surface area contributed by atoms with Gasteiger partial charge in [-0.2, -0.15) is 0 Å². The number of aryl methyl sites for hydroxylation is 1. The normalized spacial score (nSPS) is 15.6. The van der Waals surface area contributed by atoms with Crippen molar-refractivity contribution in [3.05, 3.63) is 76.5 Å². The van der Waals surface area contributed by atoms with E-state index in [0.29, 0.717) is 16.9 Å². The van der Waals surface area contributed by atoms with Gasteiger partial charge in [0.05, 0.1) is 36.6 Å². The van der Waals surface area contributed by atoms with Gasteiger partial charge in [-0.1, -0.05) is 29.8 Å². The number of amides is 2. The molecule has 0 fully saturated rings. The Morgan fingerprint density at radius 3 is 2.42 bits per heavy atom. The van der Waals surface area contributed by atoms with Crippen molar-refractivity contribution >= 4 is 18.0 Å². The van der Waals surface area contributed by atoms with Gasteiger partial charge in [0.15, 0.2) is 0 Å². The van der Waals surface area contributed by atoms with Crippen molar-refractivity contribution in [1.29, 1.82) is 0 Å². The third-order valence-corrected chi connectivity index (χ3v) is 4.70. The fraction of sp³-hybridized carbons (Fsp3) is 0.261. The molecule has 1 aliphatic rings. The van der Waals surface area contributed by atoms with Crippen molar-refractivity contribution in [2.45, 2.75) is 19.9 Å². The maximum Gasteiger partial charge on any atom is 0.338 e. The van der Waals surface area contributed by atoms with E-state index < -0.39 is 24.0 Å². The van der Waals surface area contributed by atoms with Crippen LogP contribution in [0.5, 0.6) is 5.75 Å². The molecule has 0 aliphatic carbocycles. The third-order valence-electron chi connectivity index (χ3n) is 4.70. The summed E-state index contributed by atoms with van der Waals surface area (Å²) < 4.78 is 15.7. The van der Waals surface area contributed by atoms with E-state index in [4.69, 9.17) is 14.2 Å². The molecule has 8 heteroatoms. The van der Waals surface area contributed by atoms with Crippen molar-refractivity contribution in [2.75, 3.05) is 20.3 Å². The molecular formula is C23H24N2O6. The minimum atomic E-state index is -0.772. The largest absolute Gasteiger partial charge is 0.497 e. The number of urea groups is 1. The first-order chi connectivity index (χ1) is 14.9. The van der Waals surface area contributed by atoms with Gasteiger partial charge in [0.2, 0.25) is 0 Å². The zero-order chi connectivity index (χ0) is 22.4. The number of carbonyl (C=O) groups excluding carboxylic acids is 3. The molecule has 2 aromatic rings. The molecular weight excluding hydrogens is 400 g/mol. The number of carbonyl (C=O) groups is 3. The van der Waals surface area contributed by atoms with Gasteiger partial charge >= 0.3 is 18.0 Å². The summed E-state index contributed by atoms with van der Waals surface area (Å²) in [6.45, 7) is 3.42. The van der Waals surface area contributed by atoms with E-state index in [9.17, 15) is 14.4 Å². The van der Waals surface area contributed by atoms with E-state index in [1.54, 1.807) is 56.5 Å². The van der Waals surface area contributed by atoms with Crippen LogP contribution in [0.25, 0.3) is 0 Å². The van der Waals surface area contributed by atoms with Crippen LogP contribution in [0, 0.1) is 6.92 Å². The summed E-state index contributed by atoms with van der Waals surface area (Å²) in [7, 11) is 1.55. The molecule has 0 aromatic heterocycles. The summed E-state index contributed by atoms with van der Waals surface area (Å²) >= 11 is 0. The van der Waals surface area contributed by atoms with Gasteiger partial charge in [0.1, 0.15) is 12.4 Å². The number of rotatable bonds is 7. The maximum atomic E-state index is 12.7. The summed E-state index contributed by atoms with van der Waals surface area (Å²) in [6, 6.07) is 12.6. The molecule has 0 spiro atoms. The Hall–Kier alpha value is -3.81. The standard InChI is InChI=1S/C23H24N2O6/c1-4-30-22(27)19-18(13-31-21(26)16-7-5-6-14(2)12-16)24-23(28)25-20(19)15-8-10-17(29-3)11-9-15/h5-12,20H,4,13H2,1-3H3,(H2,24,25,28). The maximum absolute atomic E-state index is 12.7. The van der Waals surface area contributed by atoms with E-state index in [1.165, 1.54) is 0 Å². The molecule has 31 heavy (non-hydrogen) atoms. The Labute approximate surface area is 180 Å². The first-order valence-electron chi connectivity index (χ1n) is 9.78. The lowest BCUT2D eigenvalue weighted by Gasteiger charge is -2.29. The van der Waals surface area contributed by atoms with Crippen molar-refractivity contribution in [2.24, 2.45) is 0 Å².